The van der Waals surface area contributed by atoms with Crippen LogP contribution in [0.25, 0.3) is 0 Å². The monoisotopic (exact) mass is 1080 g/mol. The molecule has 0 saturated carbocycles. The molecule has 10 rings (SSSR count). The van der Waals surface area contributed by atoms with Gasteiger partial charge in [0.1, 0.15) is 0 Å². The molecule has 396 valence electrons. The van der Waals surface area contributed by atoms with Gasteiger partial charge in [0.15, 0.2) is 0 Å². The summed E-state index contributed by atoms with van der Waals surface area (Å²) in [5, 5.41) is 0. The van der Waals surface area contributed by atoms with Crippen LogP contribution < -0.4 is 27.8 Å². The van der Waals surface area contributed by atoms with E-state index in [2.05, 4.69) is 18.2 Å². The standard InChI is InChI=1S/C57H66N3O12P3/c1-4-28-49(29-5-1)67-59-73-58-75(70-55-34-13-10-22-46(55)25-16-19-37-61-40-52-43-64-52,71-56-35-14-11-23-47(56)26-17-20-38-62-41-53-44-65-53,72-57-36-15-12-24-48(57)27-18-21-39-63-42-54-45-66-54)60(68-50-30-6-2-7-31-50)74(59)69-51-32-8-3-9-33-51/h1-15,22-24,28-36,52-54H,16-21,25-27,37-45H2. The quantitative estimate of drug-likeness (QED) is 0.0219. The molecule has 15 nitrogen and oxygen atoms in total. The Kier molecular flexibility index (Phi) is 18.9. The van der Waals surface area contributed by atoms with Crippen LogP contribution in [0.2, 0.25) is 0 Å². The van der Waals surface area contributed by atoms with Crippen molar-refractivity contribution in [2.45, 2.75) is 76.1 Å². The second kappa shape index (κ2) is 26.7. The molecule has 75 heavy (non-hydrogen) atoms. The van der Waals surface area contributed by atoms with Crippen LogP contribution in [0.15, 0.2) is 168 Å². The van der Waals surface area contributed by atoms with Crippen molar-refractivity contribution in [3.05, 3.63) is 180 Å². The molecule has 4 aliphatic heterocycles. The number of ether oxygens (including phenoxy) is 6. The molecular formula is C57H66N3O12P3. The molecule has 18 heteroatoms. The fourth-order valence-electron chi connectivity index (χ4n) is 8.13. The summed E-state index contributed by atoms with van der Waals surface area (Å²) in [5.74, 6) is 3.10. The predicted octanol–water partition coefficient (Wildman–Crippen LogP) is 13.5. The number of para-hydroxylation sites is 6. The van der Waals surface area contributed by atoms with Crippen LogP contribution in [0, 0.1) is 0 Å². The molecule has 6 aromatic rings. The van der Waals surface area contributed by atoms with Crippen molar-refractivity contribution in [2.75, 3.05) is 59.5 Å². The van der Waals surface area contributed by atoms with Gasteiger partial charge in [0.25, 0.3) is 0 Å². The van der Waals surface area contributed by atoms with Crippen molar-refractivity contribution < 1.29 is 56.2 Å². The second-order valence-electron chi connectivity index (χ2n) is 18.5. The molecule has 4 heterocycles. The Morgan fingerprint density at radius 3 is 1.21 bits per heavy atom. The molecule has 0 bridgehead atoms. The molecule has 0 amide bonds. The van der Waals surface area contributed by atoms with Crippen LogP contribution in [0.3, 0.4) is 0 Å². The average Bonchev–Trinajstić information content (AvgIpc) is 4.30. The summed E-state index contributed by atoms with van der Waals surface area (Å²) in [6.07, 6.45) is 7.61. The fourth-order valence-corrected chi connectivity index (χ4v) is 15.9. The summed E-state index contributed by atoms with van der Waals surface area (Å²) in [6.45, 7) is 5.97. The summed E-state index contributed by atoms with van der Waals surface area (Å²) in [4.78, 5) is 14.1. The van der Waals surface area contributed by atoms with E-state index in [1.807, 2.05) is 146 Å². The van der Waals surface area contributed by atoms with Crippen LogP contribution in [-0.2, 0) is 47.7 Å². The van der Waals surface area contributed by atoms with Crippen molar-refractivity contribution in [3.8, 4) is 34.5 Å². The van der Waals surface area contributed by atoms with Crippen molar-refractivity contribution in [2.24, 2.45) is 4.52 Å². The molecule has 3 saturated heterocycles. The van der Waals surface area contributed by atoms with Gasteiger partial charge in [0.2, 0.25) is 0 Å². The Morgan fingerprint density at radius 2 is 0.813 bits per heavy atom. The molecule has 0 radical (unpaired) electrons. The molecule has 4 atom stereocenters. The van der Waals surface area contributed by atoms with E-state index < -0.39 is 16.0 Å². The Morgan fingerprint density at radius 1 is 0.453 bits per heavy atom. The van der Waals surface area contributed by atoms with Crippen molar-refractivity contribution in [1.82, 2.24) is 9.21 Å². The van der Waals surface area contributed by atoms with E-state index in [0.29, 0.717) is 93.4 Å². The molecule has 4 unspecified atom stereocenters. The first-order valence-electron chi connectivity index (χ1n) is 26.0. The number of nitrogens with zero attached hydrogens (tertiary/aromatic N) is 3. The third-order valence-electron chi connectivity index (χ3n) is 12.4. The van der Waals surface area contributed by atoms with Crippen LogP contribution in [-0.4, -0.2) is 87.0 Å². The number of hydrogen-bond donors (Lipinski definition) is 0. The van der Waals surface area contributed by atoms with E-state index in [9.17, 15) is 0 Å². The minimum atomic E-state index is -5.60. The molecule has 0 aliphatic carbocycles. The van der Waals surface area contributed by atoms with E-state index in [4.69, 9.17) is 60.7 Å². The zero-order valence-corrected chi connectivity index (χ0v) is 44.8. The van der Waals surface area contributed by atoms with Gasteiger partial charge in [-0.2, -0.15) is 0 Å². The third-order valence-corrected chi connectivity index (χ3v) is 19.5. The summed E-state index contributed by atoms with van der Waals surface area (Å²) < 4.78 is 73.7. The number of aryl methyl sites for hydroxylation is 3. The first kappa shape index (κ1) is 53.2. The molecule has 3 fully saturated rings. The second-order valence-corrected chi connectivity index (χ2v) is 24.3. The number of epoxide rings is 3. The van der Waals surface area contributed by atoms with E-state index in [-0.39, 0.29) is 26.8 Å². The number of benzene rings is 6. The Labute approximate surface area is 443 Å². The van der Waals surface area contributed by atoms with Gasteiger partial charge in [-0.3, -0.25) is 0 Å². The molecular weight excluding hydrogens is 1010 g/mol. The van der Waals surface area contributed by atoms with Gasteiger partial charge in [-0.1, -0.05) is 0 Å². The van der Waals surface area contributed by atoms with E-state index in [1.54, 1.807) is 9.21 Å². The number of rotatable bonds is 33. The zero-order valence-electron chi connectivity index (χ0n) is 42.1. The maximum absolute atomic E-state index is 7.88. The van der Waals surface area contributed by atoms with Gasteiger partial charge in [0.05, 0.1) is 0 Å². The average molecular weight is 1080 g/mol. The first-order valence-corrected chi connectivity index (χ1v) is 29.9. The third kappa shape index (κ3) is 15.5. The maximum atomic E-state index is 7.88. The predicted molar refractivity (Wildman–Crippen MR) is 290 cm³/mol. The van der Waals surface area contributed by atoms with Gasteiger partial charge in [-0.15, -0.1) is 0 Å². The van der Waals surface area contributed by atoms with Crippen molar-refractivity contribution in [1.29, 1.82) is 0 Å². The normalized spacial score (nSPS) is 21.0. The summed E-state index contributed by atoms with van der Waals surface area (Å²) >= 11 is 0. The molecule has 0 N–H and O–H groups in total. The van der Waals surface area contributed by atoms with Crippen LogP contribution in [0.5, 0.6) is 34.5 Å². The SMILES string of the molecule is c1ccc(ON2P=NP(Oc3ccccc3CCCCOCC3CO3)(Oc3ccccc3CCCCOCC3CO3)(Oc3ccccc3CCCCOCC3CO3)N(Oc3ccccc3)P2Oc2ccccc2)cc1. The van der Waals surface area contributed by atoms with Crippen LogP contribution in [0.1, 0.15) is 55.2 Å². The van der Waals surface area contributed by atoms with E-state index >= 15 is 0 Å². The van der Waals surface area contributed by atoms with Gasteiger partial charge in [-0.25, -0.2) is 0 Å². The first-order chi connectivity index (χ1) is 37.1. The van der Waals surface area contributed by atoms with Crippen molar-refractivity contribution in [3.63, 3.8) is 0 Å². The fraction of sp³-hybridized carbons (Fsp3) is 0.368. The van der Waals surface area contributed by atoms with E-state index in [1.165, 1.54) is 0 Å². The molecule has 0 spiro atoms. The molecule has 4 aliphatic rings. The Bertz CT molecular complexity index is 2530. The van der Waals surface area contributed by atoms with Gasteiger partial charge in [-0.05, 0) is 0 Å². The summed E-state index contributed by atoms with van der Waals surface area (Å²) in [6, 6.07) is 52.7. The summed E-state index contributed by atoms with van der Waals surface area (Å²) in [7, 11) is -7.66. The molecule has 6 aromatic carbocycles. The van der Waals surface area contributed by atoms with Crippen LogP contribution in [0.4, 0.5) is 0 Å². The van der Waals surface area contributed by atoms with Gasteiger partial charge >= 0.3 is 445 Å². The van der Waals surface area contributed by atoms with Crippen molar-refractivity contribution >= 4 is 24.6 Å². The number of hydrogen-bond acceptors (Lipinski definition) is 15. The minimum absolute atomic E-state index is 0.208. The Balaban J connectivity index is 1.11. The summed E-state index contributed by atoms with van der Waals surface area (Å²) in [5.41, 5.74) is 2.78. The van der Waals surface area contributed by atoms with Crippen LogP contribution >= 0.6 is 24.6 Å². The van der Waals surface area contributed by atoms with Gasteiger partial charge < -0.3 is 0 Å². The van der Waals surface area contributed by atoms with E-state index in [0.717, 1.165) is 75.0 Å². The number of unbranched alkanes of at least 4 members (excludes halogenated alkanes) is 3. The molecule has 0 aromatic heterocycles. The zero-order chi connectivity index (χ0) is 50.8. The Hall–Kier alpha value is -5.24. The van der Waals surface area contributed by atoms with Gasteiger partial charge in [0, 0.05) is 0 Å². The topological polar surface area (TPSA) is 140 Å².